The molecule has 3 aromatic carbocycles. The van der Waals surface area contributed by atoms with Gasteiger partial charge in [0.1, 0.15) is 24.3 Å². The zero-order valence-corrected chi connectivity index (χ0v) is 19.8. The molecule has 6 nitrogen and oxygen atoms in total. The molecule has 1 amide bonds. The molecular weight excluding hydrogens is 473 g/mol. The van der Waals surface area contributed by atoms with Crippen molar-refractivity contribution in [2.75, 3.05) is 18.1 Å². The number of para-hydroxylation sites is 2. The van der Waals surface area contributed by atoms with Gasteiger partial charge in [-0.05, 0) is 60.7 Å². The second-order valence-corrected chi connectivity index (χ2v) is 9.24. The van der Waals surface area contributed by atoms with Gasteiger partial charge in [0, 0.05) is 34.6 Å². The first-order chi connectivity index (χ1) is 16.5. The van der Waals surface area contributed by atoms with E-state index < -0.39 is 6.10 Å². The first-order valence-corrected chi connectivity index (χ1v) is 11.8. The lowest BCUT2D eigenvalue weighted by Gasteiger charge is -2.19. The quantitative estimate of drug-likeness (QED) is 0.377. The number of carbonyl (C=O) groups excluding carboxylic acids is 1. The molecule has 2 atom stereocenters. The van der Waals surface area contributed by atoms with Crippen molar-refractivity contribution in [3.63, 3.8) is 0 Å². The Morgan fingerprint density at radius 3 is 2.41 bits per heavy atom. The SMILES string of the molecule is O=C1C[C@H](c2nc3ccccc3n2C[C@H](O)COc2ccc(Cl)cc2)CN1c1ccc(Cl)cc1. The molecule has 0 bridgehead atoms. The molecule has 0 saturated carbocycles. The number of anilines is 1. The highest BCUT2D eigenvalue weighted by Crippen LogP contribution is 2.33. The summed E-state index contributed by atoms with van der Waals surface area (Å²) in [5.41, 5.74) is 2.57. The summed E-state index contributed by atoms with van der Waals surface area (Å²) < 4.78 is 7.74. The second-order valence-electron chi connectivity index (χ2n) is 8.37. The maximum absolute atomic E-state index is 12.9. The van der Waals surface area contributed by atoms with Crippen molar-refractivity contribution < 1.29 is 14.6 Å². The maximum atomic E-state index is 12.9. The van der Waals surface area contributed by atoms with Crippen LogP contribution in [0.1, 0.15) is 18.2 Å². The van der Waals surface area contributed by atoms with Crippen LogP contribution in [0.2, 0.25) is 10.0 Å². The van der Waals surface area contributed by atoms with Gasteiger partial charge in [-0.25, -0.2) is 4.98 Å². The Hall–Kier alpha value is -3.06. The third-order valence-electron chi connectivity index (χ3n) is 5.96. The number of fused-ring (bicyclic) bond motifs is 1. The molecule has 0 spiro atoms. The Bertz CT molecular complexity index is 1310. The smallest absolute Gasteiger partial charge is 0.227 e. The van der Waals surface area contributed by atoms with Gasteiger partial charge < -0.3 is 19.3 Å². The third-order valence-corrected chi connectivity index (χ3v) is 6.47. The number of aliphatic hydroxyl groups is 1. The number of aromatic nitrogens is 2. The highest BCUT2D eigenvalue weighted by Gasteiger charge is 2.35. The lowest BCUT2D eigenvalue weighted by atomic mass is 10.1. The predicted octanol–water partition coefficient (Wildman–Crippen LogP) is 5.30. The van der Waals surface area contributed by atoms with Crippen molar-refractivity contribution in [2.24, 2.45) is 0 Å². The van der Waals surface area contributed by atoms with Gasteiger partial charge >= 0.3 is 0 Å². The van der Waals surface area contributed by atoms with Crippen molar-refractivity contribution in [1.29, 1.82) is 0 Å². The van der Waals surface area contributed by atoms with E-state index in [9.17, 15) is 9.90 Å². The molecule has 1 aromatic heterocycles. The van der Waals surface area contributed by atoms with Crippen LogP contribution in [0, 0.1) is 0 Å². The van der Waals surface area contributed by atoms with E-state index in [4.69, 9.17) is 32.9 Å². The lowest BCUT2D eigenvalue weighted by Crippen LogP contribution is -2.26. The summed E-state index contributed by atoms with van der Waals surface area (Å²) >= 11 is 11.9. The summed E-state index contributed by atoms with van der Waals surface area (Å²) in [6, 6.07) is 22.1. The largest absolute Gasteiger partial charge is 0.491 e. The van der Waals surface area contributed by atoms with Crippen LogP contribution >= 0.6 is 23.2 Å². The first kappa shape index (κ1) is 22.7. The van der Waals surface area contributed by atoms with Crippen LogP contribution < -0.4 is 9.64 Å². The van der Waals surface area contributed by atoms with Crippen molar-refractivity contribution in [1.82, 2.24) is 9.55 Å². The summed E-state index contributed by atoms with van der Waals surface area (Å²) in [4.78, 5) is 19.5. The normalized spacial score (nSPS) is 16.9. The van der Waals surface area contributed by atoms with Gasteiger partial charge in [-0.1, -0.05) is 35.3 Å². The third kappa shape index (κ3) is 4.75. The number of nitrogens with zero attached hydrogens (tertiary/aromatic N) is 3. The molecule has 1 N–H and O–H groups in total. The molecule has 5 rings (SSSR count). The fourth-order valence-electron chi connectivity index (χ4n) is 4.34. The second kappa shape index (κ2) is 9.66. The maximum Gasteiger partial charge on any atom is 0.227 e. The number of imidazole rings is 1. The Kier molecular flexibility index (Phi) is 6.46. The van der Waals surface area contributed by atoms with Crippen LogP contribution in [-0.4, -0.2) is 39.8 Å². The van der Waals surface area contributed by atoms with Gasteiger partial charge in [0.15, 0.2) is 0 Å². The number of amides is 1. The minimum Gasteiger partial charge on any atom is -0.491 e. The molecule has 8 heteroatoms. The number of hydrogen-bond donors (Lipinski definition) is 1. The molecular formula is C26H23Cl2N3O3. The monoisotopic (exact) mass is 495 g/mol. The summed E-state index contributed by atoms with van der Waals surface area (Å²) in [6.45, 7) is 0.935. The number of hydrogen-bond acceptors (Lipinski definition) is 4. The molecule has 174 valence electrons. The van der Waals surface area contributed by atoms with E-state index >= 15 is 0 Å². The lowest BCUT2D eigenvalue weighted by molar-refractivity contribution is -0.117. The van der Waals surface area contributed by atoms with Gasteiger partial charge in [0.05, 0.1) is 17.6 Å². The first-order valence-electron chi connectivity index (χ1n) is 11.1. The number of carbonyl (C=O) groups is 1. The van der Waals surface area contributed by atoms with E-state index in [1.165, 1.54) is 0 Å². The fraction of sp³-hybridized carbons (Fsp3) is 0.231. The average Bonchev–Trinajstić information content (AvgIpc) is 3.40. The molecule has 1 fully saturated rings. The molecule has 4 aromatic rings. The molecule has 0 radical (unpaired) electrons. The number of aliphatic hydroxyl groups excluding tert-OH is 1. The molecule has 34 heavy (non-hydrogen) atoms. The zero-order valence-electron chi connectivity index (χ0n) is 18.3. The van der Waals surface area contributed by atoms with Gasteiger partial charge in [-0.15, -0.1) is 0 Å². The number of ether oxygens (including phenoxy) is 1. The number of halogens is 2. The minimum atomic E-state index is -0.767. The van der Waals surface area contributed by atoms with Gasteiger partial charge in [0.25, 0.3) is 0 Å². The number of rotatable bonds is 7. The summed E-state index contributed by atoms with van der Waals surface area (Å²) in [6.07, 6.45) is -0.417. The summed E-state index contributed by atoms with van der Waals surface area (Å²) in [5.74, 6) is 1.37. The van der Waals surface area contributed by atoms with Crippen LogP contribution in [0.3, 0.4) is 0 Å². The standard InChI is InChI=1S/C26H23Cl2N3O3/c27-18-5-9-20(10-6-18)30-14-17(13-25(30)33)26-29-23-3-1-2-4-24(23)31(26)15-21(32)16-34-22-11-7-19(28)8-12-22/h1-12,17,21,32H,13-16H2/t17-,21-/m0/s1. The molecule has 2 heterocycles. The predicted molar refractivity (Wildman–Crippen MR) is 134 cm³/mol. The summed E-state index contributed by atoms with van der Waals surface area (Å²) in [5, 5.41) is 12.0. The summed E-state index contributed by atoms with van der Waals surface area (Å²) in [7, 11) is 0. The highest BCUT2D eigenvalue weighted by molar-refractivity contribution is 6.30. The van der Waals surface area contributed by atoms with Crippen LogP contribution in [-0.2, 0) is 11.3 Å². The van der Waals surface area contributed by atoms with E-state index in [0.29, 0.717) is 35.3 Å². The van der Waals surface area contributed by atoms with Crippen molar-refractivity contribution in [3.8, 4) is 5.75 Å². The van der Waals surface area contributed by atoms with Crippen LogP contribution in [0.5, 0.6) is 5.75 Å². The van der Waals surface area contributed by atoms with Gasteiger partial charge in [-0.3, -0.25) is 4.79 Å². The molecule has 0 aliphatic carbocycles. The highest BCUT2D eigenvalue weighted by atomic mass is 35.5. The topological polar surface area (TPSA) is 67.6 Å². The zero-order chi connectivity index (χ0) is 23.7. The van der Waals surface area contributed by atoms with Crippen LogP contribution in [0.15, 0.2) is 72.8 Å². The van der Waals surface area contributed by atoms with E-state index in [-0.39, 0.29) is 18.4 Å². The van der Waals surface area contributed by atoms with E-state index in [1.54, 1.807) is 41.3 Å². The van der Waals surface area contributed by atoms with Crippen molar-refractivity contribution >= 4 is 45.8 Å². The Morgan fingerprint density at radius 1 is 1.00 bits per heavy atom. The Morgan fingerprint density at radius 2 is 1.68 bits per heavy atom. The Labute approximate surface area is 207 Å². The van der Waals surface area contributed by atoms with E-state index in [2.05, 4.69) is 0 Å². The number of benzene rings is 3. The molecule has 1 aliphatic heterocycles. The van der Waals surface area contributed by atoms with Crippen molar-refractivity contribution in [3.05, 3.63) is 88.7 Å². The van der Waals surface area contributed by atoms with Crippen molar-refractivity contribution in [2.45, 2.75) is 25.0 Å². The molecule has 1 saturated heterocycles. The van der Waals surface area contributed by atoms with E-state index in [1.807, 2.05) is 41.0 Å². The van der Waals surface area contributed by atoms with E-state index in [0.717, 1.165) is 22.5 Å². The van der Waals surface area contributed by atoms with Gasteiger partial charge in [0.2, 0.25) is 5.91 Å². The average molecular weight is 496 g/mol. The van der Waals surface area contributed by atoms with Crippen LogP contribution in [0.25, 0.3) is 11.0 Å². The fourth-order valence-corrected chi connectivity index (χ4v) is 4.59. The Balaban J connectivity index is 1.37. The van der Waals surface area contributed by atoms with Crippen LogP contribution in [0.4, 0.5) is 5.69 Å². The minimum absolute atomic E-state index is 0.0394. The molecule has 1 aliphatic rings. The molecule has 0 unspecified atom stereocenters. The van der Waals surface area contributed by atoms with Gasteiger partial charge in [-0.2, -0.15) is 0 Å².